The van der Waals surface area contributed by atoms with Crippen LogP contribution in [0.2, 0.25) is 0 Å². The molecule has 0 unspecified atom stereocenters. The molecule has 0 aromatic carbocycles. The fraction of sp³-hybridized carbons (Fsp3) is 0.800. The molecule has 3 heterocycles. The molecular formula is C20H32N4O. The van der Waals surface area contributed by atoms with E-state index in [-0.39, 0.29) is 0 Å². The molecule has 1 aromatic heterocycles. The highest BCUT2D eigenvalue weighted by Crippen LogP contribution is 2.31. The maximum Gasteiger partial charge on any atom is 0.223 e. The van der Waals surface area contributed by atoms with Crippen LogP contribution in [0.5, 0.6) is 0 Å². The third kappa shape index (κ3) is 4.08. The van der Waals surface area contributed by atoms with Gasteiger partial charge < -0.3 is 14.4 Å². The van der Waals surface area contributed by atoms with E-state index in [1.165, 1.54) is 50.8 Å². The van der Waals surface area contributed by atoms with Crippen LogP contribution in [0, 0.1) is 5.92 Å². The first-order chi connectivity index (χ1) is 12.3. The smallest absolute Gasteiger partial charge is 0.223 e. The lowest BCUT2D eigenvalue weighted by Gasteiger charge is -2.33. The zero-order chi connectivity index (χ0) is 17.1. The third-order valence-corrected chi connectivity index (χ3v) is 6.40. The van der Waals surface area contributed by atoms with Gasteiger partial charge in [0.15, 0.2) is 0 Å². The molecule has 0 radical (unpaired) electrons. The minimum absolute atomic E-state index is 0.353. The van der Waals surface area contributed by atoms with Gasteiger partial charge in [-0.3, -0.25) is 4.79 Å². The molecule has 2 aliphatic heterocycles. The van der Waals surface area contributed by atoms with Crippen LogP contribution in [0.1, 0.15) is 63.1 Å². The maximum atomic E-state index is 12.3. The van der Waals surface area contributed by atoms with Crippen LogP contribution >= 0.6 is 0 Å². The molecule has 2 saturated heterocycles. The van der Waals surface area contributed by atoms with Gasteiger partial charge in [-0.1, -0.05) is 6.42 Å². The standard InChI is InChI=1S/C20H32N4O/c25-19(23-11-1-2-12-23)8-13-22-10-4-7-18(16-22)20-21-9-14-24(20)15-17-5-3-6-17/h9,14,17-18H,1-8,10-13,15-16H2/t18-/m1/s1. The summed E-state index contributed by atoms with van der Waals surface area (Å²) >= 11 is 0. The van der Waals surface area contributed by atoms with Crippen molar-refractivity contribution in [1.29, 1.82) is 0 Å². The molecule has 1 atom stereocenters. The Labute approximate surface area is 151 Å². The van der Waals surface area contributed by atoms with Crippen molar-refractivity contribution in [2.75, 3.05) is 32.7 Å². The summed E-state index contributed by atoms with van der Waals surface area (Å²) in [6, 6.07) is 0. The summed E-state index contributed by atoms with van der Waals surface area (Å²) in [6.07, 6.45) is 13.8. The number of aromatic nitrogens is 2. The lowest BCUT2D eigenvalue weighted by atomic mass is 9.85. The molecule has 1 saturated carbocycles. The molecule has 0 N–H and O–H groups in total. The van der Waals surface area contributed by atoms with Crippen LogP contribution in [0.25, 0.3) is 0 Å². The molecule has 1 aliphatic carbocycles. The zero-order valence-electron chi connectivity index (χ0n) is 15.4. The quantitative estimate of drug-likeness (QED) is 0.797. The van der Waals surface area contributed by atoms with Gasteiger partial charge in [0.25, 0.3) is 0 Å². The van der Waals surface area contributed by atoms with Gasteiger partial charge in [-0.05, 0) is 51.0 Å². The molecule has 3 fully saturated rings. The van der Waals surface area contributed by atoms with E-state index in [1.807, 2.05) is 11.1 Å². The summed E-state index contributed by atoms with van der Waals surface area (Å²) in [4.78, 5) is 21.5. The Morgan fingerprint density at radius 1 is 1.08 bits per heavy atom. The van der Waals surface area contributed by atoms with Crippen molar-refractivity contribution in [1.82, 2.24) is 19.4 Å². The van der Waals surface area contributed by atoms with E-state index in [2.05, 4.69) is 15.7 Å². The third-order valence-electron chi connectivity index (χ3n) is 6.40. The summed E-state index contributed by atoms with van der Waals surface area (Å²) in [5.74, 6) is 3.03. The predicted molar refractivity (Wildman–Crippen MR) is 98.4 cm³/mol. The number of imidazole rings is 1. The summed E-state index contributed by atoms with van der Waals surface area (Å²) in [6.45, 7) is 6.21. The van der Waals surface area contributed by atoms with Gasteiger partial charge in [0.1, 0.15) is 5.82 Å². The summed E-state index contributed by atoms with van der Waals surface area (Å²) in [5.41, 5.74) is 0. The number of hydrogen-bond donors (Lipinski definition) is 0. The van der Waals surface area contributed by atoms with Crippen molar-refractivity contribution in [3.05, 3.63) is 18.2 Å². The van der Waals surface area contributed by atoms with Crippen LogP contribution in [-0.2, 0) is 11.3 Å². The molecule has 1 aromatic rings. The Hall–Kier alpha value is -1.36. The van der Waals surface area contributed by atoms with Crippen molar-refractivity contribution in [2.45, 2.75) is 63.8 Å². The zero-order valence-corrected chi connectivity index (χ0v) is 15.4. The molecule has 25 heavy (non-hydrogen) atoms. The molecule has 4 rings (SSSR count). The van der Waals surface area contributed by atoms with Crippen LogP contribution < -0.4 is 0 Å². The average molecular weight is 345 g/mol. The number of piperidine rings is 1. The molecule has 5 nitrogen and oxygen atoms in total. The lowest BCUT2D eigenvalue weighted by molar-refractivity contribution is -0.130. The Kier molecular flexibility index (Phi) is 5.39. The Bertz CT molecular complexity index is 574. The topological polar surface area (TPSA) is 41.4 Å². The number of likely N-dealkylation sites (tertiary alicyclic amines) is 2. The van der Waals surface area contributed by atoms with Crippen LogP contribution in [-0.4, -0.2) is 58.0 Å². The number of amides is 1. The number of carbonyl (C=O) groups is 1. The van der Waals surface area contributed by atoms with Gasteiger partial charge in [-0.2, -0.15) is 0 Å². The Balaban J connectivity index is 1.30. The Morgan fingerprint density at radius 3 is 2.68 bits per heavy atom. The molecule has 138 valence electrons. The number of rotatable bonds is 6. The molecule has 3 aliphatic rings. The molecular weight excluding hydrogens is 312 g/mol. The molecule has 5 heteroatoms. The summed E-state index contributed by atoms with van der Waals surface area (Å²) in [7, 11) is 0. The minimum atomic E-state index is 0.353. The first-order valence-corrected chi connectivity index (χ1v) is 10.3. The largest absolute Gasteiger partial charge is 0.343 e. The van der Waals surface area contributed by atoms with E-state index >= 15 is 0 Å². The van der Waals surface area contributed by atoms with Crippen LogP contribution in [0.4, 0.5) is 0 Å². The highest BCUT2D eigenvalue weighted by atomic mass is 16.2. The van der Waals surface area contributed by atoms with Crippen molar-refractivity contribution in [3.63, 3.8) is 0 Å². The van der Waals surface area contributed by atoms with Crippen molar-refractivity contribution in [2.24, 2.45) is 5.92 Å². The van der Waals surface area contributed by atoms with Gasteiger partial charge in [-0.15, -0.1) is 0 Å². The molecule has 0 bridgehead atoms. The predicted octanol–water partition coefficient (Wildman–Crippen LogP) is 2.88. The SMILES string of the molecule is O=C(CCN1CCC[C@@H](c2nccn2CC2CCC2)C1)N1CCCC1. The van der Waals surface area contributed by atoms with Crippen molar-refractivity contribution >= 4 is 5.91 Å². The van der Waals surface area contributed by atoms with Crippen molar-refractivity contribution in [3.8, 4) is 0 Å². The van der Waals surface area contributed by atoms with Gasteiger partial charge in [0, 0.05) is 57.5 Å². The first kappa shape index (κ1) is 17.1. The minimum Gasteiger partial charge on any atom is -0.343 e. The van der Waals surface area contributed by atoms with E-state index in [1.54, 1.807) is 0 Å². The van der Waals surface area contributed by atoms with E-state index in [9.17, 15) is 4.79 Å². The van der Waals surface area contributed by atoms with E-state index in [4.69, 9.17) is 4.98 Å². The second-order valence-corrected chi connectivity index (χ2v) is 8.21. The van der Waals surface area contributed by atoms with Crippen LogP contribution in [0.3, 0.4) is 0 Å². The number of hydrogen-bond acceptors (Lipinski definition) is 3. The maximum absolute atomic E-state index is 12.3. The summed E-state index contributed by atoms with van der Waals surface area (Å²) < 4.78 is 2.41. The summed E-state index contributed by atoms with van der Waals surface area (Å²) in [5, 5.41) is 0. The van der Waals surface area contributed by atoms with Gasteiger partial charge >= 0.3 is 0 Å². The normalized spacial score (nSPS) is 25.3. The Morgan fingerprint density at radius 2 is 1.92 bits per heavy atom. The van der Waals surface area contributed by atoms with Crippen LogP contribution in [0.15, 0.2) is 12.4 Å². The van der Waals surface area contributed by atoms with E-state index < -0.39 is 0 Å². The highest BCUT2D eigenvalue weighted by Gasteiger charge is 2.27. The number of carbonyl (C=O) groups excluding carboxylic acids is 1. The van der Waals surface area contributed by atoms with E-state index in [0.717, 1.165) is 45.2 Å². The fourth-order valence-corrected chi connectivity index (χ4v) is 4.64. The van der Waals surface area contributed by atoms with Gasteiger partial charge in [-0.25, -0.2) is 4.98 Å². The fourth-order valence-electron chi connectivity index (χ4n) is 4.64. The number of nitrogens with zero attached hydrogens (tertiary/aromatic N) is 4. The lowest BCUT2D eigenvalue weighted by Crippen LogP contribution is -2.38. The van der Waals surface area contributed by atoms with Crippen molar-refractivity contribution < 1.29 is 4.79 Å². The van der Waals surface area contributed by atoms with Gasteiger partial charge in [0.05, 0.1) is 0 Å². The van der Waals surface area contributed by atoms with Gasteiger partial charge in [0.2, 0.25) is 5.91 Å². The monoisotopic (exact) mass is 344 g/mol. The average Bonchev–Trinajstić information content (AvgIpc) is 3.27. The molecule has 1 amide bonds. The highest BCUT2D eigenvalue weighted by molar-refractivity contribution is 5.76. The second-order valence-electron chi connectivity index (χ2n) is 8.21. The molecule has 0 spiro atoms. The first-order valence-electron chi connectivity index (χ1n) is 10.3. The van der Waals surface area contributed by atoms with E-state index in [0.29, 0.717) is 18.2 Å². The second kappa shape index (κ2) is 7.90.